The number of fused-ring (bicyclic) bond motifs is 1. The number of pyridine rings is 1. The first-order valence-corrected chi connectivity index (χ1v) is 7.68. The Morgan fingerprint density at radius 1 is 1.21 bits per heavy atom. The summed E-state index contributed by atoms with van der Waals surface area (Å²) in [4.78, 5) is 19.0. The van der Waals surface area contributed by atoms with Crippen molar-refractivity contribution in [2.24, 2.45) is 0 Å². The number of nitrogens with one attached hydrogen (secondary N) is 1. The van der Waals surface area contributed by atoms with E-state index in [0.29, 0.717) is 18.8 Å². The van der Waals surface area contributed by atoms with E-state index in [1.807, 2.05) is 47.8 Å². The SMILES string of the molecule is CN(C)Cc1c(C(=O)NCc2ccc(F)cc2)nc2ccccn12. The summed E-state index contributed by atoms with van der Waals surface area (Å²) < 4.78 is 14.9. The van der Waals surface area contributed by atoms with Gasteiger partial charge in [-0.15, -0.1) is 0 Å². The van der Waals surface area contributed by atoms with Gasteiger partial charge in [0.25, 0.3) is 5.91 Å². The lowest BCUT2D eigenvalue weighted by Crippen LogP contribution is -2.25. The van der Waals surface area contributed by atoms with E-state index in [4.69, 9.17) is 0 Å². The molecule has 0 radical (unpaired) electrons. The van der Waals surface area contributed by atoms with Crippen LogP contribution in [0.1, 0.15) is 21.7 Å². The number of imidazole rings is 1. The van der Waals surface area contributed by atoms with Crippen LogP contribution in [-0.4, -0.2) is 34.3 Å². The van der Waals surface area contributed by atoms with Crippen molar-refractivity contribution in [3.8, 4) is 0 Å². The predicted molar refractivity (Wildman–Crippen MR) is 90.2 cm³/mol. The van der Waals surface area contributed by atoms with Crippen LogP contribution >= 0.6 is 0 Å². The van der Waals surface area contributed by atoms with Gasteiger partial charge in [0.1, 0.15) is 11.5 Å². The smallest absolute Gasteiger partial charge is 0.272 e. The Morgan fingerprint density at radius 2 is 1.96 bits per heavy atom. The van der Waals surface area contributed by atoms with Gasteiger partial charge in [-0.1, -0.05) is 18.2 Å². The second-order valence-electron chi connectivity index (χ2n) is 5.88. The molecule has 0 atom stereocenters. The van der Waals surface area contributed by atoms with Gasteiger partial charge in [0.05, 0.1) is 5.69 Å². The molecule has 0 spiro atoms. The number of carbonyl (C=O) groups is 1. The van der Waals surface area contributed by atoms with Crippen LogP contribution < -0.4 is 5.32 Å². The molecule has 24 heavy (non-hydrogen) atoms. The van der Waals surface area contributed by atoms with Crippen LogP contribution in [0.5, 0.6) is 0 Å². The largest absolute Gasteiger partial charge is 0.347 e. The summed E-state index contributed by atoms with van der Waals surface area (Å²) in [7, 11) is 3.89. The Morgan fingerprint density at radius 3 is 2.67 bits per heavy atom. The lowest BCUT2D eigenvalue weighted by molar-refractivity contribution is 0.0944. The Balaban J connectivity index is 1.84. The summed E-state index contributed by atoms with van der Waals surface area (Å²) in [6.45, 7) is 0.929. The van der Waals surface area contributed by atoms with Crippen LogP contribution in [0.25, 0.3) is 5.65 Å². The highest BCUT2D eigenvalue weighted by Gasteiger charge is 2.19. The molecule has 124 valence electrons. The van der Waals surface area contributed by atoms with Crippen molar-refractivity contribution >= 4 is 11.6 Å². The van der Waals surface area contributed by atoms with Gasteiger partial charge in [-0.3, -0.25) is 4.79 Å². The van der Waals surface area contributed by atoms with E-state index in [2.05, 4.69) is 10.3 Å². The summed E-state index contributed by atoms with van der Waals surface area (Å²) in [5, 5.41) is 2.85. The summed E-state index contributed by atoms with van der Waals surface area (Å²) in [5.41, 5.74) is 2.83. The average molecular weight is 326 g/mol. The molecule has 0 fully saturated rings. The predicted octanol–water partition coefficient (Wildman–Crippen LogP) is 2.46. The maximum Gasteiger partial charge on any atom is 0.272 e. The van der Waals surface area contributed by atoms with E-state index >= 15 is 0 Å². The zero-order chi connectivity index (χ0) is 17.1. The van der Waals surface area contributed by atoms with Crippen LogP contribution in [0.3, 0.4) is 0 Å². The van der Waals surface area contributed by atoms with Gasteiger partial charge >= 0.3 is 0 Å². The monoisotopic (exact) mass is 326 g/mol. The minimum absolute atomic E-state index is 0.236. The normalized spacial score (nSPS) is 11.2. The lowest BCUT2D eigenvalue weighted by atomic mass is 10.2. The number of hydrogen-bond acceptors (Lipinski definition) is 3. The fraction of sp³-hybridized carbons (Fsp3) is 0.222. The highest BCUT2D eigenvalue weighted by molar-refractivity contribution is 5.94. The van der Waals surface area contributed by atoms with E-state index in [1.54, 1.807) is 12.1 Å². The Labute approximate surface area is 139 Å². The fourth-order valence-corrected chi connectivity index (χ4v) is 2.55. The molecule has 2 heterocycles. The molecule has 0 aliphatic rings. The molecule has 3 aromatic rings. The third-order valence-electron chi connectivity index (χ3n) is 3.68. The molecule has 2 aromatic heterocycles. The fourth-order valence-electron chi connectivity index (χ4n) is 2.55. The first kappa shape index (κ1) is 16.1. The molecule has 1 aromatic carbocycles. The molecule has 0 bridgehead atoms. The Hall–Kier alpha value is -2.73. The van der Waals surface area contributed by atoms with E-state index in [-0.39, 0.29) is 11.7 Å². The van der Waals surface area contributed by atoms with Crippen molar-refractivity contribution in [1.29, 1.82) is 0 Å². The first-order chi connectivity index (χ1) is 11.5. The summed E-state index contributed by atoms with van der Waals surface area (Å²) in [6.07, 6.45) is 1.90. The molecule has 6 heteroatoms. The maximum atomic E-state index is 12.9. The van der Waals surface area contributed by atoms with Crippen LogP contribution in [0.4, 0.5) is 4.39 Å². The molecule has 0 unspecified atom stereocenters. The summed E-state index contributed by atoms with van der Waals surface area (Å²) in [6, 6.07) is 11.7. The Kier molecular flexibility index (Phi) is 4.57. The van der Waals surface area contributed by atoms with E-state index < -0.39 is 0 Å². The van der Waals surface area contributed by atoms with Crippen molar-refractivity contribution in [2.45, 2.75) is 13.1 Å². The highest BCUT2D eigenvalue weighted by atomic mass is 19.1. The number of halogens is 1. The third kappa shape index (κ3) is 3.44. The second kappa shape index (κ2) is 6.80. The number of benzene rings is 1. The van der Waals surface area contributed by atoms with E-state index in [1.165, 1.54) is 12.1 Å². The number of carbonyl (C=O) groups excluding carboxylic acids is 1. The maximum absolute atomic E-state index is 12.9. The number of rotatable bonds is 5. The van der Waals surface area contributed by atoms with Crippen molar-refractivity contribution in [3.05, 3.63) is 71.4 Å². The van der Waals surface area contributed by atoms with Gasteiger partial charge in [-0.25, -0.2) is 9.37 Å². The number of aromatic nitrogens is 2. The molecule has 5 nitrogen and oxygen atoms in total. The Bertz CT molecular complexity index is 855. The van der Waals surface area contributed by atoms with Gasteiger partial charge in [0.15, 0.2) is 5.69 Å². The minimum Gasteiger partial charge on any atom is -0.347 e. The molecule has 1 N–H and O–H groups in total. The summed E-state index contributed by atoms with van der Waals surface area (Å²) >= 11 is 0. The molecule has 0 aliphatic heterocycles. The van der Waals surface area contributed by atoms with Gasteiger partial charge < -0.3 is 14.6 Å². The standard InChI is InChI=1S/C18H19FN4O/c1-22(2)12-15-17(21-16-5-3-4-10-23(15)16)18(24)20-11-13-6-8-14(19)9-7-13/h3-10H,11-12H2,1-2H3,(H,20,24). The summed E-state index contributed by atoms with van der Waals surface area (Å²) in [5.74, 6) is -0.529. The van der Waals surface area contributed by atoms with Crippen LogP contribution in [-0.2, 0) is 13.1 Å². The van der Waals surface area contributed by atoms with Crippen molar-refractivity contribution < 1.29 is 9.18 Å². The number of nitrogens with zero attached hydrogens (tertiary/aromatic N) is 3. The van der Waals surface area contributed by atoms with Crippen LogP contribution in [0.15, 0.2) is 48.7 Å². The van der Waals surface area contributed by atoms with Crippen LogP contribution in [0, 0.1) is 5.82 Å². The van der Waals surface area contributed by atoms with E-state index in [0.717, 1.165) is 16.9 Å². The van der Waals surface area contributed by atoms with Gasteiger partial charge in [0.2, 0.25) is 0 Å². The van der Waals surface area contributed by atoms with Gasteiger partial charge in [0, 0.05) is 19.3 Å². The second-order valence-corrected chi connectivity index (χ2v) is 5.88. The molecule has 3 rings (SSSR count). The topological polar surface area (TPSA) is 49.6 Å². The lowest BCUT2D eigenvalue weighted by Gasteiger charge is -2.11. The van der Waals surface area contributed by atoms with Gasteiger partial charge in [-0.2, -0.15) is 0 Å². The van der Waals surface area contributed by atoms with Gasteiger partial charge in [-0.05, 0) is 43.9 Å². The van der Waals surface area contributed by atoms with Crippen LogP contribution in [0.2, 0.25) is 0 Å². The quantitative estimate of drug-likeness (QED) is 0.783. The number of hydrogen-bond donors (Lipinski definition) is 1. The molecular weight excluding hydrogens is 307 g/mol. The number of amides is 1. The minimum atomic E-state index is -0.293. The molecule has 0 saturated heterocycles. The van der Waals surface area contributed by atoms with E-state index in [9.17, 15) is 9.18 Å². The third-order valence-corrected chi connectivity index (χ3v) is 3.68. The molecular formula is C18H19FN4O. The molecule has 0 saturated carbocycles. The zero-order valence-electron chi connectivity index (χ0n) is 13.7. The molecule has 0 aliphatic carbocycles. The molecule has 1 amide bonds. The van der Waals surface area contributed by atoms with Crippen molar-refractivity contribution in [3.63, 3.8) is 0 Å². The average Bonchev–Trinajstić information content (AvgIpc) is 2.92. The zero-order valence-corrected chi connectivity index (χ0v) is 13.7. The highest BCUT2D eigenvalue weighted by Crippen LogP contribution is 2.14. The first-order valence-electron chi connectivity index (χ1n) is 7.68. The van der Waals surface area contributed by atoms with Crippen molar-refractivity contribution in [2.75, 3.05) is 14.1 Å². The van der Waals surface area contributed by atoms with Crippen molar-refractivity contribution in [1.82, 2.24) is 19.6 Å².